The summed E-state index contributed by atoms with van der Waals surface area (Å²) < 4.78 is 13.2. The van der Waals surface area contributed by atoms with E-state index in [1.54, 1.807) is 6.07 Å². The minimum atomic E-state index is -0.170. The van der Waals surface area contributed by atoms with Gasteiger partial charge in [0.1, 0.15) is 5.82 Å². The highest BCUT2D eigenvalue weighted by atomic mass is 127. The molecule has 1 atom stereocenters. The average molecular weight is 475 g/mol. The average Bonchev–Trinajstić information content (AvgIpc) is 2.62. The van der Waals surface area contributed by atoms with Gasteiger partial charge < -0.3 is 10.6 Å². The standard InChI is InChI=1S/C19H30FN5.HI/c1-3-21-19(22-7-6-16-4-5-17(20)12-15(16)2)23-13-18-14-24-8-10-25(18)11-9-24;/h4-5,12,18H,3,6-11,13-14H2,1-2H3,(H2,21,22,23);1H. The van der Waals surface area contributed by atoms with Gasteiger partial charge in [0, 0.05) is 51.9 Å². The third-order valence-electron chi connectivity index (χ3n) is 5.19. The maximum atomic E-state index is 13.2. The van der Waals surface area contributed by atoms with Crippen LogP contribution in [-0.4, -0.2) is 74.2 Å². The van der Waals surface area contributed by atoms with Crippen LogP contribution in [0.1, 0.15) is 18.1 Å². The van der Waals surface area contributed by atoms with E-state index >= 15 is 0 Å². The number of guanidine groups is 1. The van der Waals surface area contributed by atoms with E-state index in [2.05, 4.69) is 27.4 Å². The molecule has 1 unspecified atom stereocenters. The number of fused-ring (bicyclic) bond motifs is 3. The Morgan fingerprint density at radius 1 is 1.23 bits per heavy atom. The molecular formula is C19H31FIN5. The summed E-state index contributed by atoms with van der Waals surface area (Å²) in [6.07, 6.45) is 0.861. The van der Waals surface area contributed by atoms with Crippen molar-refractivity contribution in [3.05, 3.63) is 35.1 Å². The van der Waals surface area contributed by atoms with E-state index in [0.717, 1.165) is 44.1 Å². The van der Waals surface area contributed by atoms with Crippen molar-refractivity contribution in [2.75, 3.05) is 52.4 Å². The summed E-state index contributed by atoms with van der Waals surface area (Å²) in [5, 5.41) is 6.73. The van der Waals surface area contributed by atoms with Gasteiger partial charge in [0.2, 0.25) is 0 Å². The Balaban J connectivity index is 0.00000243. The molecule has 2 bridgehead atoms. The number of nitrogens with zero attached hydrogens (tertiary/aromatic N) is 3. The molecule has 3 fully saturated rings. The zero-order valence-corrected chi connectivity index (χ0v) is 18.1. The summed E-state index contributed by atoms with van der Waals surface area (Å²) in [5.74, 6) is 0.705. The van der Waals surface area contributed by atoms with Crippen molar-refractivity contribution in [3.8, 4) is 0 Å². The SMILES string of the molecule is CCNC(=NCC1CN2CCN1CC2)NCCc1ccc(F)cc1C.I. The maximum absolute atomic E-state index is 13.2. The molecule has 26 heavy (non-hydrogen) atoms. The van der Waals surface area contributed by atoms with E-state index in [4.69, 9.17) is 4.99 Å². The fourth-order valence-corrected chi connectivity index (χ4v) is 3.69. The number of hydrogen-bond donors (Lipinski definition) is 2. The Labute approximate surface area is 173 Å². The molecule has 2 N–H and O–H groups in total. The van der Waals surface area contributed by atoms with Crippen LogP contribution in [0.4, 0.5) is 4.39 Å². The number of halogens is 2. The molecule has 1 aromatic rings. The van der Waals surface area contributed by atoms with Gasteiger partial charge in [0.15, 0.2) is 5.96 Å². The van der Waals surface area contributed by atoms with Gasteiger partial charge in [0.05, 0.1) is 6.54 Å². The van der Waals surface area contributed by atoms with Crippen LogP contribution in [0.15, 0.2) is 23.2 Å². The quantitative estimate of drug-likeness (QED) is 0.375. The van der Waals surface area contributed by atoms with E-state index in [-0.39, 0.29) is 29.8 Å². The lowest BCUT2D eigenvalue weighted by Crippen LogP contribution is -2.62. The van der Waals surface area contributed by atoms with Gasteiger partial charge >= 0.3 is 0 Å². The lowest BCUT2D eigenvalue weighted by molar-refractivity contribution is 0.0174. The molecule has 0 saturated carbocycles. The van der Waals surface area contributed by atoms with Gasteiger partial charge in [0.25, 0.3) is 0 Å². The second-order valence-corrected chi connectivity index (χ2v) is 6.96. The number of rotatable bonds is 6. The van der Waals surface area contributed by atoms with Gasteiger partial charge in [-0.1, -0.05) is 6.07 Å². The van der Waals surface area contributed by atoms with Gasteiger partial charge in [-0.25, -0.2) is 4.39 Å². The number of benzene rings is 1. The van der Waals surface area contributed by atoms with Crippen molar-refractivity contribution < 1.29 is 4.39 Å². The molecule has 5 nitrogen and oxygen atoms in total. The lowest BCUT2D eigenvalue weighted by Gasteiger charge is -2.47. The zero-order valence-electron chi connectivity index (χ0n) is 15.8. The summed E-state index contributed by atoms with van der Waals surface area (Å²) in [6, 6.07) is 5.54. The number of hydrogen-bond acceptors (Lipinski definition) is 3. The van der Waals surface area contributed by atoms with Crippen molar-refractivity contribution in [3.63, 3.8) is 0 Å². The van der Waals surface area contributed by atoms with Crippen LogP contribution < -0.4 is 10.6 Å². The molecule has 146 valence electrons. The largest absolute Gasteiger partial charge is 0.357 e. The van der Waals surface area contributed by atoms with Crippen LogP contribution in [0, 0.1) is 12.7 Å². The van der Waals surface area contributed by atoms with Crippen LogP contribution in [0.25, 0.3) is 0 Å². The van der Waals surface area contributed by atoms with Crippen LogP contribution in [0.2, 0.25) is 0 Å². The second kappa shape index (κ2) is 10.4. The molecule has 1 aromatic carbocycles. The van der Waals surface area contributed by atoms with E-state index in [0.29, 0.717) is 6.04 Å². The molecule has 0 radical (unpaired) electrons. The first kappa shape index (κ1) is 21.4. The molecule has 0 spiro atoms. The predicted molar refractivity (Wildman–Crippen MR) is 116 cm³/mol. The third-order valence-corrected chi connectivity index (χ3v) is 5.19. The molecule has 3 aliphatic rings. The Kier molecular flexibility index (Phi) is 8.56. The summed E-state index contributed by atoms with van der Waals surface area (Å²) in [6.45, 7) is 12.4. The highest BCUT2D eigenvalue weighted by Gasteiger charge is 2.31. The van der Waals surface area contributed by atoms with Gasteiger partial charge in [-0.2, -0.15) is 0 Å². The third kappa shape index (κ3) is 5.79. The van der Waals surface area contributed by atoms with Crippen LogP contribution >= 0.6 is 24.0 Å². The van der Waals surface area contributed by atoms with Crippen molar-refractivity contribution in [2.45, 2.75) is 26.3 Å². The minimum absolute atomic E-state index is 0. The predicted octanol–water partition coefficient (Wildman–Crippen LogP) is 1.85. The van der Waals surface area contributed by atoms with Gasteiger partial charge in [-0.05, 0) is 43.5 Å². The van der Waals surface area contributed by atoms with Crippen molar-refractivity contribution in [2.24, 2.45) is 4.99 Å². The monoisotopic (exact) mass is 475 g/mol. The fraction of sp³-hybridized carbons (Fsp3) is 0.632. The fourth-order valence-electron chi connectivity index (χ4n) is 3.69. The van der Waals surface area contributed by atoms with E-state index in [1.165, 1.54) is 37.8 Å². The zero-order chi connectivity index (χ0) is 17.6. The lowest BCUT2D eigenvalue weighted by atomic mass is 10.1. The summed E-state index contributed by atoms with van der Waals surface area (Å²) in [4.78, 5) is 9.89. The summed E-state index contributed by atoms with van der Waals surface area (Å²) in [7, 11) is 0. The first-order valence-electron chi connectivity index (χ1n) is 9.39. The summed E-state index contributed by atoms with van der Waals surface area (Å²) >= 11 is 0. The summed E-state index contributed by atoms with van der Waals surface area (Å²) in [5.41, 5.74) is 2.18. The number of aryl methyl sites for hydroxylation is 1. The van der Waals surface area contributed by atoms with E-state index in [9.17, 15) is 4.39 Å². The normalized spacial score (nSPS) is 24.9. The molecule has 3 aliphatic heterocycles. The number of piperazine rings is 3. The molecule has 4 rings (SSSR count). The highest BCUT2D eigenvalue weighted by molar-refractivity contribution is 14.0. The number of nitrogens with one attached hydrogen (secondary N) is 2. The van der Waals surface area contributed by atoms with E-state index in [1.807, 2.05) is 13.0 Å². The molecular weight excluding hydrogens is 444 g/mol. The van der Waals surface area contributed by atoms with Gasteiger partial charge in [-0.3, -0.25) is 14.8 Å². The Morgan fingerprint density at radius 2 is 2.00 bits per heavy atom. The topological polar surface area (TPSA) is 42.9 Å². The molecule has 0 aromatic heterocycles. The smallest absolute Gasteiger partial charge is 0.191 e. The second-order valence-electron chi connectivity index (χ2n) is 6.96. The highest BCUT2D eigenvalue weighted by Crippen LogP contribution is 2.15. The van der Waals surface area contributed by atoms with Crippen molar-refractivity contribution in [1.82, 2.24) is 20.4 Å². The molecule has 0 amide bonds. The Morgan fingerprint density at radius 3 is 2.62 bits per heavy atom. The first-order valence-corrected chi connectivity index (χ1v) is 9.39. The van der Waals surface area contributed by atoms with Crippen molar-refractivity contribution in [1.29, 1.82) is 0 Å². The molecule has 0 aliphatic carbocycles. The first-order chi connectivity index (χ1) is 12.2. The Hall–Kier alpha value is -0.930. The maximum Gasteiger partial charge on any atom is 0.191 e. The minimum Gasteiger partial charge on any atom is -0.357 e. The van der Waals surface area contributed by atoms with E-state index < -0.39 is 0 Å². The van der Waals surface area contributed by atoms with Crippen molar-refractivity contribution >= 4 is 29.9 Å². The molecule has 3 heterocycles. The van der Waals surface area contributed by atoms with Gasteiger partial charge in [-0.15, -0.1) is 24.0 Å². The van der Waals surface area contributed by atoms with Crippen LogP contribution in [0.3, 0.4) is 0 Å². The molecule has 7 heteroatoms. The van der Waals surface area contributed by atoms with Crippen LogP contribution in [0.5, 0.6) is 0 Å². The van der Waals surface area contributed by atoms with Crippen LogP contribution in [-0.2, 0) is 6.42 Å². The molecule has 3 saturated heterocycles. The Bertz CT molecular complexity index is 602. The number of aliphatic imine (C=N–C) groups is 1.